The molecule has 0 bridgehead atoms. The predicted molar refractivity (Wildman–Crippen MR) is 96.8 cm³/mol. The van der Waals surface area contributed by atoms with Gasteiger partial charge in [-0.1, -0.05) is 30.3 Å². The van der Waals surface area contributed by atoms with Crippen LogP contribution in [0.3, 0.4) is 0 Å². The van der Waals surface area contributed by atoms with Crippen LogP contribution in [-0.2, 0) is 20.9 Å². The lowest BCUT2D eigenvalue weighted by atomic mass is 10.0. The number of esters is 1. The first-order chi connectivity index (χ1) is 12.7. The number of aliphatic hydroxyl groups is 1. The maximum atomic E-state index is 12.0. The van der Waals surface area contributed by atoms with E-state index in [1.807, 2.05) is 18.2 Å². The van der Waals surface area contributed by atoms with Crippen LogP contribution in [0.4, 0.5) is 0 Å². The van der Waals surface area contributed by atoms with E-state index in [0.29, 0.717) is 22.6 Å². The predicted octanol–water partition coefficient (Wildman–Crippen LogP) is 2.80. The minimum Gasteiger partial charge on any atom is -0.503 e. The molecule has 0 aliphatic carbocycles. The third kappa shape index (κ3) is 5.26. The molecule has 0 amide bonds. The molecule has 1 N–H and O–H groups in total. The molecular formula is C20H22O6. The Morgan fingerprint density at radius 1 is 1.04 bits per heavy atom. The normalized spacial score (nSPS) is 11.0. The zero-order chi connectivity index (χ0) is 18.8. The fraction of sp³-hybridized carbons (Fsp3) is 0.250. The summed E-state index contributed by atoms with van der Waals surface area (Å²) in [6.45, 7) is 0.412. The van der Waals surface area contributed by atoms with Gasteiger partial charge in [0.05, 0.1) is 27.1 Å². The average Bonchev–Trinajstić information content (AvgIpc) is 2.69. The van der Waals surface area contributed by atoms with Crippen molar-refractivity contribution < 1.29 is 28.8 Å². The first kappa shape index (κ1) is 19.3. The van der Waals surface area contributed by atoms with Gasteiger partial charge < -0.3 is 24.1 Å². The van der Waals surface area contributed by atoms with Crippen molar-refractivity contribution in [1.82, 2.24) is 0 Å². The van der Waals surface area contributed by atoms with Gasteiger partial charge in [0.1, 0.15) is 30.3 Å². The number of carbonyl (C=O) groups is 1. The average molecular weight is 358 g/mol. The number of carbonyl (C=O) groups excluding carboxylic acids is 1. The molecule has 0 saturated carbocycles. The van der Waals surface area contributed by atoms with Crippen LogP contribution in [0.1, 0.15) is 11.1 Å². The van der Waals surface area contributed by atoms with E-state index in [-0.39, 0.29) is 19.8 Å². The Bertz CT molecular complexity index is 753. The standard InChI is InChI=1S/C20H22O6/c1-23-14-19(20(22)24-2)18-9-4-3-6-15(18)13-26-17-8-5-7-16(12-17)25-11-10-21/h3-9,12,14,21H,10-11,13H2,1-2H3/b19-14+. The lowest BCUT2D eigenvalue weighted by molar-refractivity contribution is -0.133. The van der Waals surface area contributed by atoms with Gasteiger partial charge in [0.25, 0.3) is 0 Å². The van der Waals surface area contributed by atoms with Gasteiger partial charge in [-0.25, -0.2) is 4.79 Å². The first-order valence-corrected chi connectivity index (χ1v) is 8.05. The van der Waals surface area contributed by atoms with E-state index in [2.05, 4.69) is 0 Å². The van der Waals surface area contributed by atoms with Crippen molar-refractivity contribution in [1.29, 1.82) is 0 Å². The number of hydrogen-bond donors (Lipinski definition) is 1. The van der Waals surface area contributed by atoms with Crippen LogP contribution in [0.5, 0.6) is 11.5 Å². The maximum Gasteiger partial charge on any atom is 0.341 e. The Morgan fingerprint density at radius 2 is 1.77 bits per heavy atom. The molecule has 26 heavy (non-hydrogen) atoms. The second kappa shape index (κ2) is 10.1. The summed E-state index contributed by atoms with van der Waals surface area (Å²) in [5.41, 5.74) is 1.80. The highest BCUT2D eigenvalue weighted by Crippen LogP contribution is 2.24. The van der Waals surface area contributed by atoms with Crippen molar-refractivity contribution in [3.8, 4) is 11.5 Å². The molecule has 2 aromatic carbocycles. The molecule has 0 fully saturated rings. The summed E-state index contributed by atoms with van der Waals surface area (Å²) in [5.74, 6) is 0.739. The maximum absolute atomic E-state index is 12.0. The largest absolute Gasteiger partial charge is 0.503 e. The van der Waals surface area contributed by atoms with Crippen molar-refractivity contribution >= 4 is 11.5 Å². The van der Waals surface area contributed by atoms with E-state index in [1.54, 1.807) is 30.3 Å². The Morgan fingerprint density at radius 3 is 2.46 bits per heavy atom. The third-order valence-corrected chi connectivity index (χ3v) is 3.51. The van der Waals surface area contributed by atoms with Crippen molar-refractivity contribution in [3.05, 3.63) is 65.9 Å². The number of rotatable bonds is 9. The SMILES string of the molecule is CO/C=C(/C(=O)OC)c1ccccc1COc1cccc(OCCO)c1. The Balaban J connectivity index is 2.18. The quantitative estimate of drug-likeness (QED) is 0.422. The van der Waals surface area contributed by atoms with E-state index in [0.717, 1.165) is 5.56 Å². The number of ether oxygens (including phenoxy) is 4. The zero-order valence-corrected chi connectivity index (χ0v) is 14.8. The zero-order valence-electron chi connectivity index (χ0n) is 14.8. The topological polar surface area (TPSA) is 74.2 Å². The van der Waals surface area contributed by atoms with Crippen LogP contribution < -0.4 is 9.47 Å². The summed E-state index contributed by atoms with van der Waals surface area (Å²) in [5, 5.41) is 8.83. The van der Waals surface area contributed by atoms with Crippen LogP contribution in [0, 0.1) is 0 Å². The van der Waals surface area contributed by atoms with Gasteiger partial charge in [-0.15, -0.1) is 0 Å². The minimum atomic E-state index is -0.487. The molecule has 0 aromatic heterocycles. The van der Waals surface area contributed by atoms with E-state index >= 15 is 0 Å². The lowest BCUT2D eigenvalue weighted by Crippen LogP contribution is -2.08. The molecule has 6 heteroatoms. The highest BCUT2D eigenvalue weighted by molar-refractivity contribution is 6.16. The Labute approximate surface area is 152 Å². The number of methoxy groups -OCH3 is 2. The van der Waals surface area contributed by atoms with Gasteiger partial charge in [-0.05, 0) is 23.3 Å². The molecule has 0 unspecified atom stereocenters. The minimum absolute atomic E-state index is 0.0550. The molecule has 0 aliphatic heterocycles. The van der Waals surface area contributed by atoms with E-state index in [9.17, 15) is 4.79 Å². The molecule has 138 valence electrons. The van der Waals surface area contributed by atoms with Gasteiger partial charge in [0, 0.05) is 6.07 Å². The number of aliphatic hydroxyl groups excluding tert-OH is 1. The molecule has 0 radical (unpaired) electrons. The summed E-state index contributed by atoms with van der Waals surface area (Å²) in [6, 6.07) is 14.5. The second-order valence-corrected chi connectivity index (χ2v) is 5.25. The molecule has 0 atom stereocenters. The summed E-state index contributed by atoms with van der Waals surface area (Å²) >= 11 is 0. The molecular weight excluding hydrogens is 336 g/mol. The van der Waals surface area contributed by atoms with E-state index in [1.165, 1.54) is 20.5 Å². The van der Waals surface area contributed by atoms with Gasteiger partial charge in [-0.3, -0.25) is 0 Å². The Hall–Kier alpha value is -2.99. The summed E-state index contributed by atoms with van der Waals surface area (Å²) in [7, 11) is 2.79. The van der Waals surface area contributed by atoms with Gasteiger partial charge in [-0.2, -0.15) is 0 Å². The summed E-state index contributed by atoms with van der Waals surface area (Å²) < 4.78 is 21.0. The molecule has 0 spiro atoms. The fourth-order valence-corrected chi connectivity index (χ4v) is 2.34. The van der Waals surface area contributed by atoms with Crippen LogP contribution in [0.2, 0.25) is 0 Å². The van der Waals surface area contributed by atoms with E-state index < -0.39 is 5.97 Å². The van der Waals surface area contributed by atoms with Gasteiger partial charge in [0.2, 0.25) is 0 Å². The number of hydrogen-bond acceptors (Lipinski definition) is 6. The second-order valence-electron chi connectivity index (χ2n) is 5.25. The Kier molecular flexibility index (Phi) is 7.51. The molecule has 2 rings (SSSR count). The van der Waals surface area contributed by atoms with Crippen molar-refractivity contribution in [2.45, 2.75) is 6.61 Å². The molecule has 0 aliphatic rings. The highest BCUT2D eigenvalue weighted by atomic mass is 16.5. The molecule has 6 nitrogen and oxygen atoms in total. The van der Waals surface area contributed by atoms with Gasteiger partial charge >= 0.3 is 5.97 Å². The third-order valence-electron chi connectivity index (χ3n) is 3.51. The first-order valence-electron chi connectivity index (χ1n) is 8.05. The van der Waals surface area contributed by atoms with Crippen LogP contribution in [0.25, 0.3) is 5.57 Å². The van der Waals surface area contributed by atoms with E-state index in [4.69, 9.17) is 24.1 Å². The molecule has 2 aromatic rings. The van der Waals surface area contributed by atoms with Crippen LogP contribution in [0.15, 0.2) is 54.8 Å². The smallest absolute Gasteiger partial charge is 0.341 e. The van der Waals surface area contributed by atoms with Crippen molar-refractivity contribution in [2.24, 2.45) is 0 Å². The lowest BCUT2D eigenvalue weighted by Gasteiger charge is -2.13. The summed E-state index contributed by atoms with van der Waals surface area (Å²) in [6.07, 6.45) is 1.36. The monoisotopic (exact) mass is 358 g/mol. The van der Waals surface area contributed by atoms with Gasteiger partial charge in [0.15, 0.2) is 0 Å². The number of benzene rings is 2. The van der Waals surface area contributed by atoms with Crippen molar-refractivity contribution in [3.63, 3.8) is 0 Å². The van der Waals surface area contributed by atoms with Crippen molar-refractivity contribution in [2.75, 3.05) is 27.4 Å². The fourth-order valence-electron chi connectivity index (χ4n) is 2.34. The van der Waals surface area contributed by atoms with Crippen LogP contribution >= 0.6 is 0 Å². The molecule has 0 saturated heterocycles. The molecule has 0 heterocycles. The highest BCUT2D eigenvalue weighted by Gasteiger charge is 2.16. The van der Waals surface area contributed by atoms with Crippen LogP contribution in [-0.4, -0.2) is 38.5 Å². The summed E-state index contributed by atoms with van der Waals surface area (Å²) in [4.78, 5) is 12.0.